The lowest BCUT2D eigenvalue weighted by molar-refractivity contribution is -0.148. The first-order chi connectivity index (χ1) is 13.6. The zero-order valence-corrected chi connectivity index (χ0v) is 15.5. The fourth-order valence-corrected chi connectivity index (χ4v) is 3.90. The van der Waals surface area contributed by atoms with Crippen molar-refractivity contribution >= 4 is 17.9 Å². The van der Waals surface area contributed by atoms with Crippen molar-refractivity contribution in [3.63, 3.8) is 0 Å². The van der Waals surface area contributed by atoms with Gasteiger partial charge in [-0.25, -0.2) is 4.79 Å². The number of carbonyl (C=O) groups excluding carboxylic acids is 3. The third kappa shape index (κ3) is 3.50. The van der Waals surface area contributed by atoms with E-state index < -0.39 is 17.5 Å². The smallest absolute Gasteiger partial charge is 0.326 e. The first-order valence-corrected chi connectivity index (χ1v) is 9.51. The maximum absolute atomic E-state index is 12.6. The van der Waals surface area contributed by atoms with Crippen LogP contribution in [0.5, 0.6) is 0 Å². The Labute approximate surface area is 163 Å². The topological polar surface area (TPSA) is 75.7 Å². The number of imide groups is 1. The molecule has 1 saturated heterocycles. The molecular weight excluding hydrogens is 356 g/mol. The van der Waals surface area contributed by atoms with Crippen molar-refractivity contribution in [2.24, 2.45) is 0 Å². The van der Waals surface area contributed by atoms with E-state index in [4.69, 9.17) is 4.74 Å². The van der Waals surface area contributed by atoms with Gasteiger partial charge in [-0.2, -0.15) is 0 Å². The van der Waals surface area contributed by atoms with E-state index in [2.05, 4.69) is 5.32 Å². The van der Waals surface area contributed by atoms with Crippen LogP contribution in [0.25, 0.3) is 11.1 Å². The molecule has 0 unspecified atom stereocenters. The standard InChI is InChI=1S/C22H22N2O4/c25-19(14-24-20(26)22(23-21(24)27)12-4-5-13-22)28-15-16-8-10-18(11-9-16)17-6-2-1-3-7-17/h1-3,6-11H,4-5,12-15H2,(H,23,27). The number of nitrogens with zero attached hydrogens (tertiary/aromatic N) is 1. The Morgan fingerprint density at radius 1 is 0.964 bits per heavy atom. The Bertz CT molecular complexity index is 887. The summed E-state index contributed by atoms with van der Waals surface area (Å²) in [6, 6.07) is 17.2. The molecule has 0 radical (unpaired) electrons. The maximum Gasteiger partial charge on any atom is 0.326 e. The molecule has 1 aliphatic heterocycles. The van der Waals surface area contributed by atoms with E-state index in [0.717, 1.165) is 34.4 Å². The van der Waals surface area contributed by atoms with Gasteiger partial charge in [0.05, 0.1) is 0 Å². The van der Waals surface area contributed by atoms with Gasteiger partial charge in [0.15, 0.2) is 0 Å². The molecule has 4 rings (SSSR count). The van der Waals surface area contributed by atoms with Gasteiger partial charge in [0.1, 0.15) is 18.7 Å². The Kier molecular flexibility index (Phi) is 4.86. The molecule has 1 spiro atoms. The molecular formula is C22H22N2O4. The Morgan fingerprint density at radius 2 is 1.61 bits per heavy atom. The minimum atomic E-state index is -0.801. The lowest BCUT2D eigenvalue weighted by atomic mass is 9.98. The Morgan fingerprint density at radius 3 is 2.29 bits per heavy atom. The Hall–Kier alpha value is -3.15. The van der Waals surface area contributed by atoms with Gasteiger partial charge in [-0.1, -0.05) is 67.4 Å². The highest BCUT2D eigenvalue weighted by atomic mass is 16.5. The molecule has 0 bridgehead atoms. The number of nitrogens with one attached hydrogen (secondary N) is 1. The van der Waals surface area contributed by atoms with Crippen LogP contribution >= 0.6 is 0 Å². The summed E-state index contributed by atoms with van der Waals surface area (Å²) in [6.45, 7) is -0.253. The summed E-state index contributed by atoms with van der Waals surface area (Å²) in [6.07, 6.45) is 3.08. The largest absolute Gasteiger partial charge is 0.459 e. The zero-order valence-electron chi connectivity index (χ0n) is 15.5. The van der Waals surface area contributed by atoms with E-state index in [0.29, 0.717) is 12.8 Å². The van der Waals surface area contributed by atoms with Crippen LogP contribution < -0.4 is 5.32 Å². The predicted octanol–water partition coefficient (Wildman–Crippen LogP) is 3.26. The highest BCUT2D eigenvalue weighted by Gasteiger charge is 2.52. The molecule has 1 saturated carbocycles. The van der Waals surface area contributed by atoms with E-state index in [1.54, 1.807) is 0 Å². The molecule has 1 N–H and O–H groups in total. The summed E-state index contributed by atoms with van der Waals surface area (Å²) < 4.78 is 5.27. The van der Waals surface area contributed by atoms with Crippen LogP contribution in [0.3, 0.4) is 0 Å². The lowest BCUT2D eigenvalue weighted by Gasteiger charge is -2.19. The monoisotopic (exact) mass is 378 g/mol. The average molecular weight is 378 g/mol. The normalized spacial score (nSPS) is 17.8. The molecule has 1 aliphatic carbocycles. The number of amides is 3. The van der Waals surface area contributed by atoms with Crippen molar-refractivity contribution in [3.8, 4) is 11.1 Å². The number of hydrogen-bond donors (Lipinski definition) is 1. The van der Waals surface area contributed by atoms with E-state index in [9.17, 15) is 14.4 Å². The van der Waals surface area contributed by atoms with Crippen molar-refractivity contribution in [1.29, 1.82) is 0 Å². The molecule has 1 heterocycles. The second kappa shape index (κ2) is 7.46. The van der Waals surface area contributed by atoms with Crippen molar-refractivity contribution in [1.82, 2.24) is 10.2 Å². The molecule has 2 aromatic carbocycles. The summed E-state index contributed by atoms with van der Waals surface area (Å²) >= 11 is 0. The molecule has 144 valence electrons. The molecule has 28 heavy (non-hydrogen) atoms. The van der Waals surface area contributed by atoms with Crippen molar-refractivity contribution in [2.45, 2.75) is 37.8 Å². The summed E-state index contributed by atoms with van der Waals surface area (Å²) in [5.74, 6) is -0.898. The van der Waals surface area contributed by atoms with E-state index >= 15 is 0 Å². The Balaban J connectivity index is 1.32. The van der Waals surface area contributed by atoms with Crippen LogP contribution in [0.2, 0.25) is 0 Å². The van der Waals surface area contributed by atoms with Gasteiger partial charge in [-0.3, -0.25) is 14.5 Å². The van der Waals surface area contributed by atoms with Crippen LogP contribution in [0.15, 0.2) is 54.6 Å². The van der Waals surface area contributed by atoms with Gasteiger partial charge < -0.3 is 10.1 Å². The minimum Gasteiger partial charge on any atom is -0.459 e. The number of benzene rings is 2. The molecule has 0 aromatic heterocycles. The first-order valence-electron chi connectivity index (χ1n) is 9.51. The number of hydrogen-bond acceptors (Lipinski definition) is 4. The fourth-order valence-electron chi connectivity index (χ4n) is 3.90. The number of esters is 1. The van der Waals surface area contributed by atoms with Crippen LogP contribution in [0.4, 0.5) is 4.79 Å². The summed E-state index contributed by atoms with van der Waals surface area (Å²) in [5.41, 5.74) is 2.24. The second-order valence-corrected chi connectivity index (χ2v) is 7.33. The summed E-state index contributed by atoms with van der Waals surface area (Å²) in [7, 11) is 0. The third-order valence-electron chi connectivity index (χ3n) is 5.45. The third-order valence-corrected chi connectivity index (χ3v) is 5.45. The van der Waals surface area contributed by atoms with Crippen molar-refractivity contribution < 1.29 is 19.1 Å². The number of ether oxygens (including phenoxy) is 1. The number of carbonyl (C=O) groups is 3. The van der Waals surface area contributed by atoms with Gasteiger partial charge in [0.25, 0.3) is 5.91 Å². The average Bonchev–Trinajstić information content (AvgIpc) is 3.28. The number of urea groups is 1. The van der Waals surface area contributed by atoms with Crippen LogP contribution in [0.1, 0.15) is 31.2 Å². The predicted molar refractivity (Wildman–Crippen MR) is 103 cm³/mol. The van der Waals surface area contributed by atoms with Crippen LogP contribution in [-0.2, 0) is 20.9 Å². The molecule has 6 nitrogen and oxygen atoms in total. The van der Waals surface area contributed by atoms with Crippen molar-refractivity contribution in [3.05, 3.63) is 60.2 Å². The van der Waals surface area contributed by atoms with Crippen molar-refractivity contribution in [2.75, 3.05) is 6.54 Å². The van der Waals surface area contributed by atoms with Gasteiger partial charge in [-0.15, -0.1) is 0 Å². The van der Waals surface area contributed by atoms with Gasteiger partial charge >= 0.3 is 12.0 Å². The van der Waals surface area contributed by atoms with Gasteiger partial charge in [-0.05, 0) is 29.5 Å². The molecule has 3 amide bonds. The van der Waals surface area contributed by atoms with E-state index in [-0.39, 0.29) is 19.1 Å². The lowest BCUT2D eigenvalue weighted by Crippen LogP contribution is -2.44. The summed E-state index contributed by atoms with van der Waals surface area (Å²) in [5, 5.41) is 2.76. The van der Waals surface area contributed by atoms with E-state index in [1.807, 2.05) is 54.6 Å². The first kappa shape index (κ1) is 18.2. The molecule has 2 fully saturated rings. The highest BCUT2D eigenvalue weighted by molar-refractivity contribution is 6.08. The SMILES string of the molecule is O=C(CN1C(=O)NC2(CCCC2)C1=O)OCc1ccc(-c2ccccc2)cc1. The number of rotatable bonds is 5. The molecule has 6 heteroatoms. The maximum atomic E-state index is 12.6. The van der Waals surface area contributed by atoms with E-state index in [1.165, 1.54) is 0 Å². The fraction of sp³-hybridized carbons (Fsp3) is 0.318. The van der Waals surface area contributed by atoms with Crippen LogP contribution in [-0.4, -0.2) is 34.9 Å². The zero-order chi connectivity index (χ0) is 19.6. The highest BCUT2D eigenvalue weighted by Crippen LogP contribution is 2.34. The quantitative estimate of drug-likeness (QED) is 0.640. The molecule has 2 aliphatic rings. The summed E-state index contributed by atoms with van der Waals surface area (Å²) in [4.78, 5) is 37.8. The van der Waals surface area contributed by atoms with Crippen LogP contribution in [0, 0.1) is 0 Å². The molecule has 2 aromatic rings. The molecule has 0 atom stereocenters. The van der Waals surface area contributed by atoms with Gasteiger partial charge in [0, 0.05) is 0 Å². The van der Waals surface area contributed by atoms with Gasteiger partial charge in [0.2, 0.25) is 0 Å². The minimum absolute atomic E-state index is 0.0999. The second-order valence-electron chi connectivity index (χ2n) is 7.33.